The first-order valence-electron chi connectivity index (χ1n) is 3.98. The smallest absolute Gasteiger partial charge is 0.144 e. The van der Waals surface area contributed by atoms with Gasteiger partial charge in [-0.3, -0.25) is 4.68 Å². The molecular weight excluding hydrogens is 166 g/mol. The summed E-state index contributed by atoms with van der Waals surface area (Å²) < 4.78 is 6.96. The van der Waals surface area contributed by atoms with Crippen LogP contribution in [0.1, 0.15) is 0 Å². The number of nitrogens with two attached hydrogens (primary N) is 1. The van der Waals surface area contributed by atoms with Gasteiger partial charge in [0, 0.05) is 18.1 Å². The van der Waals surface area contributed by atoms with Crippen molar-refractivity contribution in [3.8, 4) is 5.75 Å². The molecule has 0 fully saturated rings. The van der Waals surface area contributed by atoms with E-state index >= 15 is 0 Å². The van der Waals surface area contributed by atoms with Gasteiger partial charge in [0.1, 0.15) is 11.3 Å². The Morgan fingerprint density at radius 3 is 2.92 bits per heavy atom. The fraction of sp³-hybridized carbons (Fsp3) is 0.222. The second kappa shape index (κ2) is 2.65. The molecule has 0 aliphatic heterocycles. The minimum atomic E-state index is 0.726. The Morgan fingerprint density at radius 1 is 1.46 bits per heavy atom. The normalized spacial score (nSPS) is 10.6. The summed E-state index contributed by atoms with van der Waals surface area (Å²) >= 11 is 0. The highest BCUT2D eigenvalue weighted by Crippen LogP contribution is 2.28. The number of nitrogens with zero attached hydrogens (tertiary/aromatic N) is 2. The number of aryl methyl sites for hydroxylation is 1. The van der Waals surface area contributed by atoms with E-state index < -0.39 is 0 Å². The number of benzene rings is 1. The summed E-state index contributed by atoms with van der Waals surface area (Å²) in [4.78, 5) is 0. The summed E-state index contributed by atoms with van der Waals surface area (Å²) in [6, 6.07) is 3.67. The standard InChI is InChI=1S/C9H11N3O/c1-12-9-6(5-11-12)7(10)3-4-8(9)13-2/h3-5H,10H2,1-2H3. The minimum Gasteiger partial charge on any atom is -0.494 e. The molecule has 1 aromatic carbocycles. The maximum atomic E-state index is 5.78. The van der Waals surface area contributed by atoms with Crippen molar-refractivity contribution in [3.05, 3.63) is 18.3 Å². The third-order valence-electron chi connectivity index (χ3n) is 2.12. The lowest BCUT2D eigenvalue weighted by molar-refractivity contribution is 0.417. The van der Waals surface area contributed by atoms with Crippen LogP contribution < -0.4 is 10.5 Å². The van der Waals surface area contributed by atoms with Gasteiger partial charge in [0.25, 0.3) is 0 Å². The van der Waals surface area contributed by atoms with E-state index in [0.29, 0.717) is 0 Å². The molecule has 0 saturated heterocycles. The number of fused-ring (bicyclic) bond motifs is 1. The van der Waals surface area contributed by atoms with E-state index in [1.807, 2.05) is 19.2 Å². The maximum Gasteiger partial charge on any atom is 0.144 e. The van der Waals surface area contributed by atoms with Crippen molar-refractivity contribution >= 4 is 16.6 Å². The Bertz CT molecular complexity index is 447. The summed E-state index contributed by atoms with van der Waals surface area (Å²) in [6.07, 6.45) is 1.74. The zero-order valence-corrected chi connectivity index (χ0v) is 7.61. The molecule has 2 N–H and O–H groups in total. The molecule has 0 aliphatic carbocycles. The predicted octanol–water partition coefficient (Wildman–Crippen LogP) is 1.16. The van der Waals surface area contributed by atoms with Gasteiger partial charge in [-0.1, -0.05) is 0 Å². The SMILES string of the molecule is COc1ccc(N)c2cnn(C)c12. The monoisotopic (exact) mass is 177 g/mol. The van der Waals surface area contributed by atoms with Gasteiger partial charge < -0.3 is 10.5 Å². The van der Waals surface area contributed by atoms with E-state index in [4.69, 9.17) is 10.5 Å². The van der Waals surface area contributed by atoms with Crippen LogP contribution in [-0.4, -0.2) is 16.9 Å². The van der Waals surface area contributed by atoms with Gasteiger partial charge in [0.15, 0.2) is 0 Å². The molecule has 1 heterocycles. The van der Waals surface area contributed by atoms with E-state index in [1.165, 1.54) is 0 Å². The Hall–Kier alpha value is -1.71. The lowest BCUT2D eigenvalue weighted by Crippen LogP contribution is -1.94. The molecule has 2 rings (SSSR count). The summed E-state index contributed by atoms with van der Waals surface area (Å²) in [7, 11) is 3.50. The highest BCUT2D eigenvalue weighted by molar-refractivity contribution is 5.94. The average Bonchev–Trinajstić information content (AvgIpc) is 2.51. The lowest BCUT2D eigenvalue weighted by Gasteiger charge is -2.04. The Balaban J connectivity index is 2.88. The molecule has 13 heavy (non-hydrogen) atoms. The van der Waals surface area contributed by atoms with Gasteiger partial charge in [0.05, 0.1) is 13.3 Å². The second-order valence-corrected chi connectivity index (χ2v) is 2.89. The molecule has 0 spiro atoms. The highest BCUT2D eigenvalue weighted by Gasteiger charge is 2.08. The van der Waals surface area contributed by atoms with Crippen molar-refractivity contribution in [3.63, 3.8) is 0 Å². The molecule has 68 valence electrons. The fourth-order valence-corrected chi connectivity index (χ4v) is 1.44. The van der Waals surface area contributed by atoms with Crippen LogP contribution in [0.15, 0.2) is 18.3 Å². The Morgan fingerprint density at radius 2 is 2.23 bits per heavy atom. The molecular formula is C9H11N3O. The molecule has 0 bridgehead atoms. The number of hydrogen-bond donors (Lipinski definition) is 1. The molecule has 0 unspecified atom stereocenters. The number of methoxy groups -OCH3 is 1. The first-order valence-corrected chi connectivity index (χ1v) is 3.98. The molecule has 0 aliphatic rings. The van der Waals surface area contributed by atoms with Crippen LogP contribution in [-0.2, 0) is 7.05 Å². The zero-order chi connectivity index (χ0) is 9.42. The van der Waals surface area contributed by atoms with Crippen LogP contribution in [0.5, 0.6) is 5.75 Å². The van der Waals surface area contributed by atoms with Gasteiger partial charge in [-0.05, 0) is 12.1 Å². The predicted molar refractivity (Wildman–Crippen MR) is 51.7 cm³/mol. The number of ether oxygens (including phenoxy) is 1. The molecule has 0 amide bonds. The van der Waals surface area contributed by atoms with E-state index in [-0.39, 0.29) is 0 Å². The summed E-state index contributed by atoms with van der Waals surface area (Å²) in [5.74, 6) is 0.796. The molecule has 0 saturated carbocycles. The van der Waals surface area contributed by atoms with Crippen molar-refractivity contribution in [2.45, 2.75) is 0 Å². The highest BCUT2D eigenvalue weighted by atomic mass is 16.5. The lowest BCUT2D eigenvalue weighted by atomic mass is 10.2. The topological polar surface area (TPSA) is 53.1 Å². The van der Waals surface area contributed by atoms with E-state index in [1.54, 1.807) is 18.0 Å². The Kier molecular flexibility index (Phi) is 1.62. The number of nitrogen functional groups attached to an aromatic ring is 1. The number of aromatic nitrogens is 2. The van der Waals surface area contributed by atoms with Gasteiger partial charge in [-0.25, -0.2) is 0 Å². The first kappa shape index (κ1) is 7.91. The number of hydrogen-bond acceptors (Lipinski definition) is 3. The molecule has 0 atom stereocenters. The third-order valence-corrected chi connectivity index (χ3v) is 2.12. The van der Waals surface area contributed by atoms with Crippen molar-refractivity contribution in [2.24, 2.45) is 7.05 Å². The largest absolute Gasteiger partial charge is 0.494 e. The third kappa shape index (κ3) is 1.02. The van der Waals surface area contributed by atoms with Crippen LogP contribution >= 0.6 is 0 Å². The summed E-state index contributed by atoms with van der Waals surface area (Å²) in [6.45, 7) is 0. The van der Waals surface area contributed by atoms with Crippen LogP contribution in [0.4, 0.5) is 5.69 Å². The Labute approximate surface area is 75.9 Å². The van der Waals surface area contributed by atoms with Crippen LogP contribution in [0.3, 0.4) is 0 Å². The number of anilines is 1. The van der Waals surface area contributed by atoms with Crippen LogP contribution in [0.25, 0.3) is 10.9 Å². The van der Waals surface area contributed by atoms with Crippen LogP contribution in [0, 0.1) is 0 Å². The summed E-state index contributed by atoms with van der Waals surface area (Å²) in [5, 5.41) is 5.05. The van der Waals surface area contributed by atoms with Gasteiger partial charge in [-0.15, -0.1) is 0 Å². The van der Waals surface area contributed by atoms with Gasteiger partial charge >= 0.3 is 0 Å². The first-order chi connectivity index (χ1) is 6.24. The van der Waals surface area contributed by atoms with E-state index in [2.05, 4.69) is 5.10 Å². The second-order valence-electron chi connectivity index (χ2n) is 2.89. The number of rotatable bonds is 1. The van der Waals surface area contributed by atoms with Gasteiger partial charge in [0.2, 0.25) is 0 Å². The molecule has 0 radical (unpaired) electrons. The van der Waals surface area contributed by atoms with E-state index in [0.717, 1.165) is 22.3 Å². The maximum absolute atomic E-state index is 5.78. The van der Waals surface area contributed by atoms with Crippen LogP contribution in [0.2, 0.25) is 0 Å². The quantitative estimate of drug-likeness (QED) is 0.665. The zero-order valence-electron chi connectivity index (χ0n) is 7.61. The van der Waals surface area contributed by atoms with Gasteiger partial charge in [-0.2, -0.15) is 5.10 Å². The van der Waals surface area contributed by atoms with Crippen molar-refractivity contribution in [2.75, 3.05) is 12.8 Å². The van der Waals surface area contributed by atoms with Crippen molar-refractivity contribution in [1.29, 1.82) is 0 Å². The molecule has 2 aromatic rings. The van der Waals surface area contributed by atoms with E-state index in [9.17, 15) is 0 Å². The van der Waals surface area contributed by atoms with Crippen molar-refractivity contribution in [1.82, 2.24) is 9.78 Å². The van der Waals surface area contributed by atoms with Crippen molar-refractivity contribution < 1.29 is 4.74 Å². The molecule has 4 nitrogen and oxygen atoms in total. The average molecular weight is 177 g/mol. The minimum absolute atomic E-state index is 0.726. The summed E-state index contributed by atoms with van der Waals surface area (Å²) in [5.41, 5.74) is 7.44. The fourth-order valence-electron chi connectivity index (χ4n) is 1.44. The molecule has 1 aromatic heterocycles. The molecule has 4 heteroatoms.